The molecule has 8 heteroatoms. The van der Waals surface area contributed by atoms with Crippen LogP contribution >= 0.6 is 0 Å². The molecule has 2 N–H and O–H groups in total. The maximum absolute atomic E-state index is 9.10. The molecule has 2 fully saturated rings. The fraction of sp³-hybridized carbons (Fsp3) is 0.346. The lowest BCUT2D eigenvalue weighted by Gasteiger charge is -2.18. The Kier molecular flexibility index (Phi) is 6.41. The van der Waals surface area contributed by atoms with Crippen molar-refractivity contribution in [2.45, 2.75) is 30.8 Å². The zero-order valence-corrected chi connectivity index (χ0v) is 19.3. The number of nitriles is 1. The monoisotopic (exact) mass is 456 g/mol. The fourth-order valence-corrected chi connectivity index (χ4v) is 4.48. The standard InChI is InChI=1S/C26H28N6O2/c1-32(2)20-8-6-19(7-9-20)21-10-11-28-26(30-21)31-23-16-34-24-22(15-33-25(23)24)29-14-18-5-3-4-17(12-18)13-27/h3-12,22-25,29H,14-16H2,1-2H3,(H,28,30,31)/t22-,23-,24+,25+/m0/s1. The van der Waals surface area contributed by atoms with Crippen LogP contribution in [-0.2, 0) is 16.0 Å². The van der Waals surface area contributed by atoms with Gasteiger partial charge in [-0.1, -0.05) is 24.3 Å². The molecule has 1 aromatic heterocycles. The van der Waals surface area contributed by atoms with E-state index in [1.807, 2.05) is 44.4 Å². The van der Waals surface area contributed by atoms with E-state index < -0.39 is 0 Å². The molecule has 3 heterocycles. The Morgan fingerprint density at radius 1 is 1.03 bits per heavy atom. The summed E-state index contributed by atoms with van der Waals surface area (Å²) in [5, 5.41) is 16.0. The van der Waals surface area contributed by atoms with Crippen molar-refractivity contribution in [3.8, 4) is 17.3 Å². The Balaban J connectivity index is 1.20. The summed E-state index contributed by atoms with van der Waals surface area (Å²) in [4.78, 5) is 11.2. The molecule has 0 radical (unpaired) electrons. The summed E-state index contributed by atoms with van der Waals surface area (Å²) < 4.78 is 12.2. The van der Waals surface area contributed by atoms with Crippen LogP contribution in [0.5, 0.6) is 0 Å². The third-order valence-electron chi connectivity index (χ3n) is 6.33. The molecule has 0 bridgehead atoms. The summed E-state index contributed by atoms with van der Waals surface area (Å²) in [6, 6.07) is 20.1. The van der Waals surface area contributed by atoms with Gasteiger partial charge in [0, 0.05) is 38.1 Å². The van der Waals surface area contributed by atoms with Gasteiger partial charge in [-0.15, -0.1) is 0 Å². The maximum Gasteiger partial charge on any atom is 0.223 e. The van der Waals surface area contributed by atoms with Gasteiger partial charge in [0.25, 0.3) is 0 Å². The van der Waals surface area contributed by atoms with Crippen molar-refractivity contribution in [3.05, 3.63) is 71.9 Å². The van der Waals surface area contributed by atoms with E-state index in [1.165, 1.54) is 0 Å². The van der Waals surface area contributed by atoms with Gasteiger partial charge in [0.15, 0.2) is 0 Å². The molecular weight excluding hydrogens is 428 g/mol. The molecule has 0 aliphatic carbocycles. The van der Waals surface area contributed by atoms with Crippen LogP contribution in [0.1, 0.15) is 11.1 Å². The van der Waals surface area contributed by atoms with Gasteiger partial charge in [-0.05, 0) is 35.9 Å². The lowest BCUT2D eigenvalue weighted by atomic mass is 10.1. The smallest absolute Gasteiger partial charge is 0.223 e. The molecule has 2 aliphatic heterocycles. The molecule has 4 atom stereocenters. The topological polar surface area (TPSA) is 95.3 Å². The highest BCUT2D eigenvalue weighted by molar-refractivity contribution is 5.63. The number of ether oxygens (including phenoxy) is 2. The number of aromatic nitrogens is 2. The second-order valence-electron chi connectivity index (χ2n) is 8.85. The lowest BCUT2D eigenvalue weighted by molar-refractivity contribution is 0.0675. The van der Waals surface area contributed by atoms with Crippen LogP contribution in [0.2, 0.25) is 0 Å². The van der Waals surface area contributed by atoms with Gasteiger partial charge in [0.2, 0.25) is 5.95 Å². The molecule has 0 spiro atoms. The summed E-state index contributed by atoms with van der Waals surface area (Å²) in [7, 11) is 4.05. The minimum atomic E-state index is -0.0745. The molecule has 3 aromatic rings. The van der Waals surface area contributed by atoms with Gasteiger partial charge in [-0.2, -0.15) is 5.26 Å². The van der Waals surface area contributed by atoms with Gasteiger partial charge >= 0.3 is 0 Å². The van der Waals surface area contributed by atoms with E-state index in [4.69, 9.17) is 19.7 Å². The molecule has 174 valence electrons. The zero-order chi connectivity index (χ0) is 23.5. The molecule has 8 nitrogen and oxygen atoms in total. The summed E-state index contributed by atoms with van der Waals surface area (Å²) >= 11 is 0. The summed E-state index contributed by atoms with van der Waals surface area (Å²) in [6.07, 6.45) is 1.65. The third-order valence-corrected chi connectivity index (χ3v) is 6.33. The van der Waals surface area contributed by atoms with Gasteiger partial charge < -0.3 is 25.0 Å². The molecular formula is C26H28N6O2. The van der Waals surface area contributed by atoms with Crippen LogP contribution in [0.15, 0.2) is 60.8 Å². The highest BCUT2D eigenvalue weighted by atomic mass is 16.6. The normalized spacial score (nSPS) is 23.3. The second-order valence-corrected chi connectivity index (χ2v) is 8.85. The highest BCUT2D eigenvalue weighted by Gasteiger charge is 2.47. The first kappa shape index (κ1) is 22.3. The molecule has 5 rings (SSSR count). The van der Waals surface area contributed by atoms with Crippen molar-refractivity contribution in [2.24, 2.45) is 0 Å². The molecule has 0 saturated carbocycles. The van der Waals surface area contributed by atoms with Crippen LogP contribution in [0.25, 0.3) is 11.3 Å². The third kappa shape index (κ3) is 4.73. The highest BCUT2D eigenvalue weighted by Crippen LogP contribution is 2.29. The van der Waals surface area contributed by atoms with Crippen molar-refractivity contribution in [1.82, 2.24) is 15.3 Å². The Hall–Kier alpha value is -3.51. The lowest BCUT2D eigenvalue weighted by Crippen LogP contribution is -2.41. The number of rotatable bonds is 7. The minimum Gasteiger partial charge on any atom is -0.378 e. The van der Waals surface area contributed by atoms with Gasteiger partial charge in [0.1, 0.15) is 12.2 Å². The van der Waals surface area contributed by atoms with E-state index in [-0.39, 0.29) is 24.3 Å². The first-order chi connectivity index (χ1) is 16.6. The Morgan fingerprint density at radius 2 is 1.79 bits per heavy atom. The van der Waals surface area contributed by atoms with E-state index in [2.05, 4.69) is 50.9 Å². The SMILES string of the molecule is CN(C)c1ccc(-c2ccnc(N[C@H]3CO[C@H]4[C@@H]3OC[C@@H]4NCc3cccc(C#N)c3)n2)cc1. The number of nitrogens with zero attached hydrogens (tertiary/aromatic N) is 4. The maximum atomic E-state index is 9.10. The average molecular weight is 457 g/mol. The van der Waals surface area contributed by atoms with Gasteiger partial charge in [-0.25, -0.2) is 9.97 Å². The van der Waals surface area contributed by atoms with Crippen LogP contribution in [0.3, 0.4) is 0 Å². The Morgan fingerprint density at radius 3 is 2.56 bits per heavy atom. The molecule has 2 saturated heterocycles. The van der Waals surface area contributed by atoms with Crippen molar-refractivity contribution in [2.75, 3.05) is 37.5 Å². The van der Waals surface area contributed by atoms with Gasteiger partial charge in [-0.3, -0.25) is 0 Å². The number of fused-ring (bicyclic) bond motifs is 1. The first-order valence-electron chi connectivity index (χ1n) is 11.4. The van der Waals surface area contributed by atoms with Crippen molar-refractivity contribution in [3.63, 3.8) is 0 Å². The molecule has 34 heavy (non-hydrogen) atoms. The quantitative estimate of drug-likeness (QED) is 0.561. The Bertz CT molecular complexity index is 1180. The predicted octanol–water partition coefficient (Wildman–Crippen LogP) is 2.82. The number of hydrogen-bond donors (Lipinski definition) is 2. The molecule has 2 aliphatic rings. The van der Waals surface area contributed by atoms with Crippen molar-refractivity contribution < 1.29 is 9.47 Å². The molecule has 2 aromatic carbocycles. The number of hydrogen-bond acceptors (Lipinski definition) is 8. The van der Waals surface area contributed by atoms with Crippen LogP contribution in [0, 0.1) is 11.3 Å². The predicted molar refractivity (Wildman–Crippen MR) is 130 cm³/mol. The van der Waals surface area contributed by atoms with Crippen molar-refractivity contribution in [1.29, 1.82) is 5.26 Å². The van der Waals surface area contributed by atoms with E-state index in [0.29, 0.717) is 31.3 Å². The Labute approximate surface area is 199 Å². The largest absolute Gasteiger partial charge is 0.378 e. The van der Waals surface area contributed by atoms with E-state index in [9.17, 15) is 0 Å². The summed E-state index contributed by atoms with van der Waals surface area (Å²) in [5.74, 6) is 0.566. The summed E-state index contributed by atoms with van der Waals surface area (Å²) in [6.45, 7) is 1.76. The van der Waals surface area contributed by atoms with Gasteiger partial charge in [0.05, 0.1) is 42.6 Å². The van der Waals surface area contributed by atoms with E-state index in [1.54, 1.807) is 6.20 Å². The average Bonchev–Trinajstić information content (AvgIpc) is 3.46. The van der Waals surface area contributed by atoms with Crippen molar-refractivity contribution >= 4 is 11.6 Å². The van der Waals surface area contributed by atoms with Crippen LogP contribution in [0.4, 0.5) is 11.6 Å². The zero-order valence-electron chi connectivity index (χ0n) is 19.3. The number of anilines is 2. The van der Waals surface area contributed by atoms with Crippen LogP contribution < -0.4 is 15.5 Å². The summed E-state index contributed by atoms with van der Waals surface area (Å²) in [5.41, 5.74) is 4.78. The minimum absolute atomic E-state index is 0.0231. The fourth-order valence-electron chi connectivity index (χ4n) is 4.48. The van der Waals surface area contributed by atoms with Crippen LogP contribution in [-0.4, -0.2) is 61.6 Å². The van der Waals surface area contributed by atoms with E-state index in [0.717, 1.165) is 22.5 Å². The number of benzene rings is 2. The molecule has 0 amide bonds. The second kappa shape index (κ2) is 9.77. The molecule has 0 unspecified atom stereocenters. The number of nitrogens with one attached hydrogen (secondary N) is 2. The first-order valence-corrected chi connectivity index (χ1v) is 11.4. The van der Waals surface area contributed by atoms with E-state index >= 15 is 0 Å².